The Bertz CT molecular complexity index is 860. The van der Waals surface area contributed by atoms with Gasteiger partial charge in [-0.25, -0.2) is 8.42 Å². The van der Waals surface area contributed by atoms with Crippen molar-refractivity contribution < 1.29 is 18.0 Å². The maximum Gasteiger partial charge on any atom is 0.264 e. The predicted molar refractivity (Wildman–Crippen MR) is 105 cm³/mol. The summed E-state index contributed by atoms with van der Waals surface area (Å²) in [7, 11) is -2.24. The van der Waals surface area contributed by atoms with Crippen LogP contribution in [0.1, 0.15) is 24.8 Å². The van der Waals surface area contributed by atoms with Gasteiger partial charge in [-0.05, 0) is 45.0 Å². The van der Waals surface area contributed by atoms with Gasteiger partial charge in [0.15, 0.2) is 0 Å². The van der Waals surface area contributed by atoms with Crippen LogP contribution in [0.4, 0.5) is 0 Å². The van der Waals surface area contributed by atoms with Crippen molar-refractivity contribution in [2.45, 2.75) is 43.2 Å². The molecule has 2 amide bonds. The van der Waals surface area contributed by atoms with E-state index in [4.69, 9.17) is 0 Å². The van der Waals surface area contributed by atoms with Gasteiger partial charge in [0.25, 0.3) is 10.0 Å². The summed E-state index contributed by atoms with van der Waals surface area (Å²) in [6.07, 6.45) is 4.06. The van der Waals surface area contributed by atoms with Crippen LogP contribution in [0.25, 0.3) is 0 Å². The van der Waals surface area contributed by atoms with E-state index in [9.17, 15) is 18.0 Å². The Morgan fingerprint density at radius 3 is 2.50 bits per heavy atom. The average Bonchev–Trinajstić information content (AvgIpc) is 2.69. The molecule has 2 N–H and O–H groups in total. The summed E-state index contributed by atoms with van der Waals surface area (Å²) >= 11 is 0. The molecule has 9 heteroatoms. The molecule has 1 atom stereocenters. The number of nitrogens with zero attached hydrogens (tertiary/aromatic N) is 2. The highest BCUT2D eigenvalue weighted by molar-refractivity contribution is 7.89. The fraction of sp³-hybridized carbons (Fsp3) is 0.474. The number of sulfonamides is 1. The minimum Gasteiger partial charge on any atom is -0.343 e. The second-order valence-corrected chi connectivity index (χ2v) is 9.02. The third kappa shape index (κ3) is 4.20. The van der Waals surface area contributed by atoms with Gasteiger partial charge in [0.2, 0.25) is 11.8 Å². The highest BCUT2D eigenvalue weighted by atomic mass is 32.2. The fourth-order valence-electron chi connectivity index (χ4n) is 3.48. The smallest absolute Gasteiger partial charge is 0.264 e. The van der Waals surface area contributed by atoms with Crippen LogP contribution < -0.4 is 10.6 Å². The van der Waals surface area contributed by atoms with E-state index in [1.807, 2.05) is 6.92 Å². The van der Waals surface area contributed by atoms with Gasteiger partial charge in [-0.3, -0.25) is 13.9 Å². The van der Waals surface area contributed by atoms with Crippen LogP contribution in [-0.2, 0) is 19.6 Å². The van der Waals surface area contributed by atoms with Gasteiger partial charge >= 0.3 is 0 Å². The Hall–Kier alpha value is -2.39. The number of hydrogen-bond acceptors (Lipinski definition) is 5. The first-order chi connectivity index (χ1) is 13.3. The van der Waals surface area contributed by atoms with Gasteiger partial charge in [0.05, 0.1) is 11.3 Å². The fourth-order valence-corrected chi connectivity index (χ4v) is 4.93. The minimum atomic E-state index is -3.95. The zero-order chi connectivity index (χ0) is 20.3. The number of rotatable bonds is 5. The van der Waals surface area contributed by atoms with Crippen LogP contribution in [0.3, 0.4) is 0 Å². The van der Waals surface area contributed by atoms with Crippen LogP contribution in [0.5, 0.6) is 0 Å². The zero-order valence-electron chi connectivity index (χ0n) is 16.1. The SMILES string of the molecule is Cc1ccc(S(=O)(=O)N2C=CNC(=O)[C@H]2CC(=O)N(C)C2CCNCC2)cc1. The largest absolute Gasteiger partial charge is 0.343 e. The number of benzene rings is 1. The van der Waals surface area contributed by atoms with E-state index >= 15 is 0 Å². The van der Waals surface area contributed by atoms with Crippen LogP contribution in [-0.4, -0.2) is 61.7 Å². The molecule has 2 aliphatic rings. The lowest BCUT2D eigenvalue weighted by molar-refractivity contribution is -0.136. The van der Waals surface area contributed by atoms with Gasteiger partial charge in [0.1, 0.15) is 6.04 Å². The van der Waals surface area contributed by atoms with Crippen LogP contribution in [0, 0.1) is 6.92 Å². The third-order valence-electron chi connectivity index (χ3n) is 5.27. The summed E-state index contributed by atoms with van der Waals surface area (Å²) in [5.74, 6) is -0.753. The Morgan fingerprint density at radius 2 is 1.86 bits per heavy atom. The molecule has 1 fully saturated rings. The van der Waals surface area contributed by atoms with E-state index in [-0.39, 0.29) is 23.3 Å². The van der Waals surface area contributed by atoms with Crippen molar-refractivity contribution in [3.8, 4) is 0 Å². The molecule has 28 heavy (non-hydrogen) atoms. The molecule has 0 saturated carbocycles. The lowest BCUT2D eigenvalue weighted by atomic mass is 10.0. The molecular formula is C19H26N4O4S. The van der Waals surface area contributed by atoms with Crippen molar-refractivity contribution >= 4 is 21.8 Å². The van der Waals surface area contributed by atoms with Crippen molar-refractivity contribution in [2.75, 3.05) is 20.1 Å². The number of carbonyl (C=O) groups excluding carboxylic acids is 2. The van der Waals surface area contributed by atoms with Crippen molar-refractivity contribution in [1.82, 2.24) is 19.8 Å². The highest BCUT2D eigenvalue weighted by Crippen LogP contribution is 2.24. The number of carbonyl (C=O) groups is 2. The summed E-state index contributed by atoms with van der Waals surface area (Å²) < 4.78 is 27.1. The Balaban J connectivity index is 1.81. The molecule has 1 aromatic rings. The Labute approximate surface area is 165 Å². The first kappa shape index (κ1) is 20.3. The average molecular weight is 407 g/mol. The Kier molecular flexibility index (Phi) is 6.04. The molecule has 8 nitrogen and oxygen atoms in total. The summed E-state index contributed by atoms with van der Waals surface area (Å²) in [5.41, 5.74) is 0.932. The maximum atomic E-state index is 13.1. The monoisotopic (exact) mass is 406 g/mol. The summed E-state index contributed by atoms with van der Waals surface area (Å²) in [6, 6.07) is 5.39. The van der Waals surface area contributed by atoms with Crippen molar-refractivity contribution in [2.24, 2.45) is 0 Å². The van der Waals surface area contributed by atoms with E-state index in [1.54, 1.807) is 24.1 Å². The van der Waals surface area contributed by atoms with E-state index in [1.165, 1.54) is 24.5 Å². The summed E-state index contributed by atoms with van der Waals surface area (Å²) in [6.45, 7) is 3.54. The topological polar surface area (TPSA) is 98.8 Å². The van der Waals surface area contributed by atoms with Gasteiger partial charge in [-0.15, -0.1) is 0 Å². The molecule has 0 radical (unpaired) electrons. The van der Waals surface area contributed by atoms with Crippen LogP contribution in [0.15, 0.2) is 41.6 Å². The minimum absolute atomic E-state index is 0.0848. The second kappa shape index (κ2) is 8.32. The van der Waals surface area contributed by atoms with Crippen molar-refractivity contribution in [3.05, 3.63) is 42.2 Å². The first-order valence-corrected chi connectivity index (χ1v) is 10.8. The van der Waals surface area contributed by atoms with E-state index in [0.29, 0.717) is 0 Å². The first-order valence-electron chi connectivity index (χ1n) is 9.34. The standard InChI is InChI=1S/C19H26N4O4S/c1-14-3-5-16(6-4-14)28(26,27)23-12-11-21-19(25)17(23)13-18(24)22(2)15-7-9-20-10-8-15/h3-6,11-12,15,17,20H,7-10,13H2,1-2H3,(H,21,25)/t17-/m1/s1. The van der Waals surface area contributed by atoms with Gasteiger partial charge < -0.3 is 15.5 Å². The molecule has 2 heterocycles. The van der Waals surface area contributed by atoms with E-state index < -0.39 is 22.0 Å². The number of nitrogens with one attached hydrogen (secondary N) is 2. The molecule has 0 aliphatic carbocycles. The highest BCUT2D eigenvalue weighted by Gasteiger charge is 2.38. The van der Waals surface area contributed by atoms with E-state index in [0.717, 1.165) is 35.8 Å². The molecule has 0 aromatic heterocycles. The molecular weight excluding hydrogens is 380 g/mol. The zero-order valence-corrected chi connectivity index (χ0v) is 16.9. The lowest BCUT2D eigenvalue weighted by Crippen LogP contribution is -2.52. The molecule has 3 rings (SSSR count). The van der Waals surface area contributed by atoms with Gasteiger partial charge in [-0.1, -0.05) is 17.7 Å². The number of hydrogen-bond donors (Lipinski definition) is 2. The third-order valence-corrected chi connectivity index (χ3v) is 7.07. The van der Waals surface area contributed by atoms with Gasteiger partial charge in [0, 0.05) is 25.5 Å². The van der Waals surface area contributed by atoms with Crippen molar-refractivity contribution in [1.29, 1.82) is 0 Å². The Morgan fingerprint density at radius 1 is 1.21 bits per heavy atom. The summed E-state index contributed by atoms with van der Waals surface area (Å²) in [4.78, 5) is 26.9. The second-order valence-electron chi connectivity index (χ2n) is 7.18. The maximum absolute atomic E-state index is 13.1. The van der Waals surface area contributed by atoms with Crippen LogP contribution >= 0.6 is 0 Å². The normalized spacial score (nSPS) is 20.7. The number of aryl methyl sites for hydroxylation is 1. The van der Waals surface area contributed by atoms with Crippen molar-refractivity contribution in [3.63, 3.8) is 0 Å². The molecule has 0 spiro atoms. The van der Waals surface area contributed by atoms with E-state index in [2.05, 4.69) is 10.6 Å². The number of piperidine rings is 1. The van der Waals surface area contributed by atoms with Gasteiger partial charge in [-0.2, -0.15) is 0 Å². The quantitative estimate of drug-likeness (QED) is 0.744. The predicted octanol–water partition coefficient (Wildman–Crippen LogP) is 0.556. The number of amides is 2. The molecule has 1 aromatic carbocycles. The molecule has 2 aliphatic heterocycles. The molecule has 152 valence electrons. The summed E-state index contributed by atoms with van der Waals surface area (Å²) in [5, 5.41) is 5.76. The molecule has 1 saturated heterocycles. The lowest BCUT2D eigenvalue weighted by Gasteiger charge is -2.35. The molecule has 0 unspecified atom stereocenters. The van der Waals surface area contributed by atoms with Crippen LogP contribution in [0.2, 0.25) is 0 Å². The molecule has 0 bridgehead atoms.